The lowest BCUT2D eigenvalue weighted by atomic mass is 10.0. The molecular weight excluding hydrogens is 494 g/mol. The quantitative estimate of drug-likeness (QED) is 0.0893. The lowest BCUT2D eigenvalue weighted by Crippen LogP contribution is -2.06. The molecule has 0 fully saturated rings. The Hall–Kier alpha value is -3.64. The Bertz CT molecular complexity index is 1450. The number of hydrogen-bond acceptors (Lipinski definition) is 6. The van der Waals surface area contributed by atoms with Crippen molar-refractivity contribution in [3.05, 3.63) is 95.2 Å². The van der Waals surface area contributed by atoms with Gasteiger partial charge in [-0.25, -0.2) is 4.79 Å². The van der Waals surface area contributed by atoms with Gasteiger partial charge in [0, 0.05) is 27.7 Å². The molecule has 5 nitrogen and oxygen atoms in total. The topological polar surface area (TPSA) is 68.9 Å². The van der Waals surface area contributed by atoms with E-state index < -0.39 is 5.97 Å². The third kappa shape index (κ3) is 7.01. The second kappa shape index (κ2) is 12.3. The molecule has 0 saturated heterocycles. The summed E-state index contributed by atoms with van der Waals surface area (Å²) in [6, 6.07) is 23.5. The van der Waals surface area contributed by atoms with E-state index >= 15 is 0 Å². The molecule has 0 N–H and O–H groups in total. The highest BCUT2D eigenvalue weighted by atomic mass is 32.2. The van der Waals surface area contributed by atoms with E-state index in [4.69, 9.17) is 9.25 Å². The number of rotatable bonds is 10. The fourth-order valence-corrected chi connectivity index (χ4v) is 4.80. The summed E-state index contributed by atoms with van der Waals surface area (Å²) in [7, 11) is 0. The maximum absolute atomic E-state index is 13.1. The van der Waals surface area contributed by atoms with Crippen LogP contribution >= 0.6 is 11.8 Å². The van der Waals surface area contributed by atoms with Crippen LogP contribution in [0.2, 0.25) is 0 Å². The molecule has 6 heteroatoms. The normalized spacial score (nSPS) is 11.9. The maximum Gasteiger partial charge on any atom is 0.331 e. The largest absolute Gasteiger partial charge is 0.453 e. The van der Waals surface area contributed by atoms with Crippen molar-refractivity contribution in [1.82, 2.24) is 0 Å². The van der Waals surface area contributed by atoms with Crippen molar-refractivity contribution in [1.29, 1.82) is 0 Å². The number of carbonyl (C=O) groups excluding carboxylic acids is 2. The van der Waals surface area contributed by atoms with Crippen molar-refractivity contribution in [2.24, 2.45) is 11.1 Å². The summed E-state index contributed by atoms with van der Waals surface area (Å²) < 4.78 is 5.84. The summed E-state index contributed by atoms with van der Waals surface area (Å²) in [5, 5.41) is 5.02. The number of oxime groups is 1. The van der Waals surface area contributed by atoms with Gasteiger partial charge in [0.25, 0.3) is 0 Å². The zero-order chi connectivity index (χ0) is 27.2. The van der Waals surface area contributed by atoms with Crippen molar-refractivity contribution >= 4 is 40.2 Å². The van der Waals surface area contributed by atoms with Crippen LogP contribution in [0.3, 0.4) is 0 Å². The van der Waals surface area contributed by atoms with Crippen LogP contribution in [-0.4, -0.2) is 17.5 Å². The van der Waals surface area contributed by atoms with Crippen LogP contribution in [0, 0.1) is 5.92 Å². The fourth-order valence-electron chi connectivity index (χ4n) is 3.99. The Labute approximate surface area is 228 Å². The summed E-state index contributed by atoms with van der Waals surface area (Å²) in [4.78, 5) is 31.3. The molecule has 0 atom stereocenters. The van der Waals surface area contributed by atoms with Crippen molar-refractivity contribution in [2.75, 3.05) is 0 Å². The molecule has 4 rings (SSSR count). The second-order valence-corrected chi connectivity index (χ2v) is 11.2. The maximum atomic E-state index is 13.1. The minimum absolute atomic E-state index is 0.130. The fraction of sp³-hybridized carbons (Fsp3) is 0.281. The van der Waals surface area contributed by atoms with Gasteiger partial charge in [-0.15, -0.1) is 0 Å². The zero-order valence-corrected chi connectivity index (χ0v) is 23.3. The van der Waals surface area contributed by atoms with E-state index in [-0.39, 0.29) is 5.78 Å². The van der Waals surface area contributed by atoms with Gasteiger partial charge in [-0.2, -0.15) is 0 Å². The molecule has 0 spiro atoms. The Morgan fingerprint density at radius 1 is 0.868 bits per heavy atom. The number of fused-ring (bicyclic) bond motifs is 1. The molecule has 0 amide bonds. The highest BCUT2D eigenvalue weighted by molar-refractivity contribution is 7.99. The highest BCUT2D eigenvalue weighted by Crippen LogP contribution is 2.30. The van der Waals surface area contributed by atoms with Gasteiger partial charge in [-0.1, -0.05) is 62.8 Å². The number of benzene rings is 3. The molecule has 0 unspecified atom stereocenters. The molecule has 0 saturated carbocycles. The van der Waals surface area contributed by atoms with Gasteiger partial charge < -0.3 is 9.25 Å². The summed E-state index contributed by atoms with van der Waals surface area (Å²) in [6.45, 7) is 9.95. The molecule has 1 heterocycles. The molecule has 0 aliphatic rings. The molecule has 4 aromatic rings. The number of nitrogens with zero attached hydrogens (tertiary/aromatic N) is 1. The lowest BCUT2D eigenvalue weighted by molar-refractivity contribution is -0.140. The molecule has 0 radical (unpaired) electrons. The van der Waals surface area contributed by atoms with E-state index in [1.807, 2.05) is 66.7 Å². The van der Waals surface area contributed by atoms with Crippen molar-refractivity contribution in [3.8, 4) is 0 Å². The Morgan fingerprint density at radius 3 is 2.08 bits per heavy atom. The Kier molecular flexibility index (Phi) is 8.85. The van der Waals surface area contributed by atoms with Gasteiger partial charge in [0.1, 0.15) is 5.58 Å². The van der Waals surface area contributed by atoms with Crippen LogP contribution in [-0.2, 0) is 9.63 Å². The summed E-state index contributed by atoms with van der Waals surface area (Å²) in [5.74, 6) is 0.721. The smallest absolute Gasteiger partial charge is 0.331 e. The number of ketones is 1. The Balaban J connectivity index is 1.44. The second-order valence-electron chi connectivity index (χ2n) is 10.1. The van der Waals surface area contributed by atoms with Gasteiger partial charge in [0.2, 0.25) is 5.78 Å². The van der Waals surface area contributed by atoms with E-state index in [0.29, 0.717) is 23.2 Å². The first kappa shape index (κ1) is 27.4. The monoisotopic (exact) mass is 527 g/mol. The number of hydrogen-bond donors (Lipinski definition) is 0. The van der Waals surface area contributed by atoms with Crippen molar-refractivity contribution in [2.45, 2.75) is 63.2 Å². The first-order chi connectivity index (χ1) is 18.2. The molecular formula is C32H33NO4S. The van der Waals surface area contributed by atoms with Gasteiger partial charge in [0.05, 0.1) is 5.71 Å². The van der Waals surface area contributed by atoms with Crippen LogP contribution < -0.4 is 0 Å². The van der Waals surface area contributed by atoms with Crippen LogP contribution in [0.15, 0.2) is 92.2 Å². The first-order valence-electron chi connectivity index (χ1n) is 12.9. The van der Waals surface area contributed by atoms with Crippen molar-refractivity contribution in [3.63, 3.8) is 0 Å². The van der Waals surface area contributed by atoms with E-state index in [0.717, 1.165) is 44.9 Å². The third-order valence-corrected chi connectivity index (χ3v) is 7.23. The van der Waals surface area contributed by atoms with Gasteiger partial charge >= 0.3 is 5.97 Å². The third-order valence-electron chi connectivity index (χ3n) is 6.21. The molecule has 1 aromatic heterocycles. The van der Waals surface area contributed by atoms with Crippen LogP contribution in [0.5, 0.6) is 0 Å². The van der Waals surface area contributed by atoms with Crippen LogP contribution in [0.1, 0.15) is 80.6 Å². The zero-order valence-electron chi connectivity index (χ0n) is 22.5. The van der Waals surface area contributed by atoms with Gasteiger partial charge in [-0.3, -0.25) is 4.79 Å². The summed E-state index contributed by atoms with van der Waals surface area (Å²) in [6.07, 6.45) is 1.69. The number of furan rings is 1. The molecule has 38 heavy (non-hydrogen) atoms. The standard InChI is InChI=1S/C32H33NO4S/c1-20(2)6-16-29(33-37-22(5)34)23-7-12-27(13-8-23)38-28-14-9-24(10-15-28)32(35)31-19-26-18-25(21(3)4)11-17-30(26)36-31/h7-15,17-21H,6,16H2,1-5H3. The van der Waals surface area contributed by atoms with E-state index in [2.05, 4.69) is 38.9 Å². The minimum Gasteiger partial charge on any atom is -0.453 e. The molecule has 0 aliphatic carbocycles. The van der Waals surface area contributed by atoms with E-state index in [9.17, 15) is 9.59 Å². The summed E-state index contributed by atoms with van der Waals surface area (Å²) in [5.41, 5.74) is 4.22. The van der Waals surface area contributed by atoms with Crippen LogP contribution in [0.25, 0.3) is 11.0 Å². The van der Waals surface area contributed by atoms with Crippen LogP contribution in [0.4, 0.5) is 0 Å². The first-order valence-corrected chi connectivity index (χ1v) is 13.7. The average Bonchev–Trinajstić information content (AvgIpc) is 3.32. The van der Waals surface area contributed by atoms with Gasteiger partial charge in [-0.05, 0) is 90.4 Å². The molecule has 3 aromatic carbocycles. The minimum atomic E-state index is -0.429. The summed E-state index contributed by atoms with van der Waals surface area (Å²) >= 11 is 1.61. The molecule has 0 aliphatic heterocycles. The average molecular weight is 528 g/mol. The lowest BCUT2D eigenvalue weighted by Gasteiger charge is -2.09. The number of carbonyl (C=O) groups is 2. The van der Waals surface area contributed by atoms with E-state index in [1.54, 1.807) is 11.8 Å². The molecule has 0 bridgehead atoms. The SMILES string of the molecule is CC(=O)ON=C(CCC(C)C)c1ccc(Sc2ccc(C(=O)c3cc4cc(C(C)C)ccc4o3)cc2)cc1. The predicted octanol–water partition coefficient (Wildman–Crippen LogP) is 8.64. The van der Waals surface area contributed by atoms with E-state index in [1.165, 1.54) is 12.5 Å². The predicted molar refractivity (Wildman–Crippen MR) is 153 cm³/mol. The van der Waals surface area contributed by atoms with Gasteiger partial charge in [0.15, 0.2) is 5.76 Å². The molecule has 196 valence electrons. The Morgan fingerprint density at radius 2 is 1.50 bits per heavy atom. The van der Waals surface area contributed by atoms with Crippen molar-refractivity contribution < 1.29 is 18.8 Å². The highest BCUT2D eigenvalue weighted by Gasteiger charge is 2.16.